The maximum atomic E-state index is 15.0. The number of carbonyl (C=O) groups is 3. The van der Waals surface area contributed by atoms with E-state index in [9.17, 15) is 14.4 Å². The molecule has 2 aliphatic heterocycles. The average Bonchev–Trinajstić information content (AvgIpc) is 3.67. The van der Waals surface area contributed by atoms with Crippen molar-refractivity contribution in [1.29, 1.82) is 0 Å². The van der Waals surface area contributed by atoms with Gasteiger partial charge in [-0.2, -0.15) is 0 Å². The molecule has 2 amide bonds. The highest BCUT2D eigenvalue weighted by Crippen LogP contribution is 2.55. The SMILES string of the molecule is CC(=O)C[C@@H]1CCN(C(=O)[C@]2(Sc3ccc(C)cc3)CC(=O)N(Cc3ccc(Br)cc3)[C@H]2c2c[nH]c3cc(Cl)ccc23)C1. The van der Waals surface area contributed by atoms with E-state index in [1.807, 2.05) is 89.7 Å². The highest BCUT2D eigenvalue weighted by Gasteiger charge is 2.60. The van der Waals surface area contributed by atoms with Crippen molar-refractivity contribution in [2.24, 2.45) is 5.92 Å². The first kappa shape index (κ1) is 30.0. The van der Waals surface area contributed by atoms with Crippen molar-refractivity contribution in [3.8, 4) is 0 Å². The Morgan fingerprint density at radius 3 is 2.56 bits per heavy atom. The summed E-state index contributed by atoms with van der Waals surface area (Å²) >= 11 is 11.3. The van der Waals surface area contributed by atoms with Gasteiger partial charge in [-0.15, -0.1) is 11.8 Å². The normalized spacial score (nSPS) is 22.1. The molecular formula is C34H33BrClN3O3S. The van der Waals surface area contributed by atoms with Crippen LogP contribution in [0.3, 0.4) is 0 Å². The van der Waals surface area contributed by atoms with E-state index in [0.29, 0.717) is 31.1 Å². The highest BCUT2D eigenvalue weighted by atomic mass is 79.9. The van der Waals surface area contributed by atoms with Crippen LogP contribution in [0, 0.1) is 12.8 Å². The number of rotatable bonds is 8. The molecule has 0 aliphatic carbocycles. The Labute approximate surface area is 269 Å². The third kappa shape index (κ3) is 6.02. The second kappa shape index (κ2) is 12.1. The predicted molar refractivity (Wildman–Crippen MR) is 175 cm³/mol. The zero-order valence-corrected chi connectivity index (χ0v) is 27.3. The van der Waals surface area contributed by atoms with Gasteiger partial charge in [0.2, 0.25) is 11.8 Å². The van der Waals surface area contributed by atoms with Gasteiger partial charge in [0, 0.05) is 63.1 Å². The number of nitrogens with zero attached hydrogens (tertiary/aromatic N) is 2. The van der Waals surface area contributed by atoms with Crippen molar-refractivity contribution in [2.75, 3.05) is 13.1 Å². The van der Waals surface area contributed by atoms with Crippen LogP contribution in [0.1, 0.15) is 48.9 Å². The number of benzene rings is 3. The summed E-state index contributed by atoms with van der Waals surface area (Å²) in [6.45, 7) is 5.10. The second-order valence-corrected chi connectivity index (χ2v) is 14.5. The highest BCUT2D eigenvalue weighted by molar-refractivity contribution is 9.10. The minimum atomic E-state index is -1.12. The van der Waals surface area contributed by atoms with Gasteiger partial charge in [-0.1, -0.05) is 63.4 Å². The van der Waals surface area contributed by atoms with Crippen molar-refractivity contribution >= 4 is 67.8 Å². The van der Waals surface area contributed by atoms with Crippen molar-refractivity contribution in [3.05, 3.63) is 99.1 Å². The zero-order valence-electron chi connectivity index (χ0n) is 24.1. The number of amides is 2. The summed E-state index contributed by atoms with van der Waals surface area (Å²) in [5, 5.41) is 1.54. The second-order valence-electron chi connectivity index (χ2n) is 11.8. The first-order valence-electron chi connectivity index (χ1n) is 14.5. The van der Waals surface area contributed by atoms with Crippen LogP contribution < -0.4 is 0 Å². The maximum absolute atomic E-state index is 15.0. The molecule has 0 radical (unpaired) electrons. The van der Waals surface area contributed by atoms with Crippen molar-refractivity contribution in [3.63, 3.8) is 0 Å². The smallest absolute Gasteiger partial charge is 0.242 e. The fraction of sp³-hybridized carbons (Fsp3) is 0.324. The standard InChI is InChI=1S/C34H33BrClN3O3S/c1-21-3-10-27(11-4-21)43-34(33(42)38-14-13-24(19-38)15-22(2)40)17-31(41)39(20-23-5-7-25(35)8-6-23)32(34)29-18-37-30-16-26(36)9-12-28(29)30/h3-12,16,18,24,32,37H,13-15,17,19-20H2,1-2H3/t24-,32-,34-/m0/s1. The van der Waals surface area contributed by atoms with Gasteiger partial charge < -0.3 is 19.6 Å². The minimum Gasteiger partial charge on any atom is -0.361 e. The third-order valence-electron chi connectivity index (χ3n) is 8.56. The number of nitrogens with one attached hydrogen (secondary N) is 1. The summed E-state index contributed by atoms with van der Waals surface area (Å²) in [6, 6.07) is 21.2. The molecule has 0 saturated carbocycles. The molecule has 0 bridgehead atoms. The molecule has 3 heterocycles. The predicted octanol–water partition coefficient (Wildman–Crippen LogP) is 7.72. The maximum Gasteiger partial charge on any atom is 0.242 e. The molecule has 0 unspecified atom stereocenters. The lowest BCUT2D eigenvalue weighted by molar-refractivity contribution is -0.134. The summed E-state index contributed by atoms with van der Waals surface area (Å²) in [4.78, 5) is 49.1. The fourth-order valence-electron chi connectivity index (χ4n) is 6.55. The number of fused-ring (bicyclic) bond motifs is 1. The lowest BCUT2D eigenvalue weighted by Crippen LogP contribution is -2.49. The summed E-state index contributed by atoms with van der Waals surface area (Å²) in [6.07, 6.45) is 3.24. The Morgan fingerprint density at radius 2 is 1.84 bits per heavy atom. The Kier molecular flexibility index (Phi) is 8.46. The molecule has 2 aliphatic rings. The average molecular weight is 679 g/mol. The minimum absolute atomic E-state index is 0.0518. The zero-order chi connectivity index (χ0) is 30.3. The first-order chi connectivity index (χ1) is 20.6. The van der Waals surface area contributed by atoms with Gasteiger partial charge >= 0.3 is 0 Å². The number of aryl methyl sites for hydroxylation is 1. The summed E-state index contributed by atoms with van der Waals surface area (Å²) in [7, 11) is 0. The van der Waals surface area contributed by atoms with Crippen molar-refractivity contribution in [1.82, 2.24) is 14.8 Å². The van der Waals surface area contributed by atoms with Gasteiger partial charge in [0.05, 0.1) is 12.5 Å². The largest absolute Gasteiger partial charge is 0.361 e. The van der Waals surface area contributed by atoms with Crippen LogP contribution in [-0.4, -0.2) is 50.2 Å². The van der Waals surface area contributed by atoms with Gasteiger partial charge in [-0.05, 0) is 68.1 Å². The van der Waals surface area contributed by atoms with Crippen LogP contribution in [0.25, 0.3) is 10.9 Å². The molecular weight excluding hydrogens is 646 g/mol. The first-order valence-corrected chi connectivity index (χ1v) is 16.5. The van der Waals surface area contributed by atoms with Crippen LogP contribution in [0.4, 0.5) is 0 Å². The Bertz CT molecular complexity index is 1690. The topological polar surface area (TPSA) is 73.5 Å². The van der Waals surface area contributed by atoms with Gasteiger partial charge in [0.25, 0.3) is 0 Å². The number of likely N-dealkylation sites (tertiary alicyclic amines) is 2. The third-order valence-corrected chi connectivity index (χ3v) is 10.7. The molecule has 2 fully saturated rings. The fourth-order valence-corrected chi connectivity index (χ4v) is 8.46. The van der Waals surface area contributed by atoms with E-state index in [0.717, 1.165) is 43.4 Å². The molecule has 2 saturated heterocycles. The molecule has 6 nitrogen and oxygen atoms in total. The van der Waals surface area contributed by atoms with E-state index in [2.05, 4.69) is 20.9 Å². The van der Waals surface area contributed by atoms with Crippen LogP contribution in [0.2, 0.25) is 5.02 Å². The lowest BCUT2D eigenvalue weighted by Gasteiger charge is -2.38. The van der Waals surface area contributed by atoms with Crippen LogP contribution in [-0.2, 0) is 20.9 Å². The molecule has 1 N–H and O–H groups in total. The van der Waals surface area contributed by atoms with E-state index in [1.165, 1.54) is 11.8 Å². The van der Waals surface area contributed by atoms with E-state index < -0.39 is 10.8 Å². The molecule has 9 heteroatoms. The Balaban J connectivity index is 1.50. The van der Waals surface area contributed by atoms with Gasteiger partial charge in [0.1, 0.15) is 10.5 Å². The molecule has 6 rings (SSSR count). The van der Waals surface area contributed by atoms with Gasteiger partial charge in [-0.3, -0.25) is 9.59 Å². The van der Waals surface area contributed by atoms with Crippen molar-refractivity contribution < 1.29 is 14.4 Å². The number of H-pyrrole nitrogens is 1. The number of carbonyl (C=O) groups excluding carboxylic acids is 3. The van der Waals surface area contributed by atoms with E-state index in [4.69, 9.17) is 11.6 Å². The molecule has 4 aromatic rings. The molecule has 222 valence electrons. The number of Topliss-reactive ketones (excluding diaryl/α,β-unsaturated/α-hetero) is 1. The number of aromatic nitrogens is 1. The number of hydrogen-bond acceptors (Lipinski definition) is 4. The van der Waals surface area contributed by atoms with Crippen LogP contribution in [0.15, 0.2) is 82.3 Å². The quantitative estimate of drug-likeness (QED) is 0.207. The van der Waals surface area contributed by atoms with E-state index in [1.54, 1.807) is 6.92 Å². The number of thioether (sulfide) groups is 1. The summed E-state index contributed by atoms with van der Waals surface area (Å²) in [5.41, 5.74) is 3.85. The molecule has 0 spiro atoms. The van der Waals surface area contributed by atoms with Crippen LogP contribution >= 0.6 is 39.3 Å². The number of ketones is 1. The number of hydrogen-bond donors (Lipinski definition) is 1. The van der Waals surface area contributed by atoms with Gasteiger partial charge in [0.15, 0.2) is 0 Å². The summed E-state index contributed by atoms with van der Waals surface area (Å²) < 4.78 is -0.163. The molecule has 3 atom stereocenters. The monoisotopic (exact) mass is 677 g/mol. The van der Waals surface area contributed by atoms with Crippen molar-refractivity contribution in [2.45, 2.75) is 55.3 Å². The van der Waals surface area contributed by atoms with E-state index in [-0.39, 0.29) is 29.9 Å². The number of aromatic amines is 1. The molecule has 43 heavy (non-hydrogen) atoms. The lowest BCUT2D eigenvalue weighted by atomic mass is 9.90. The number of halogens is 2. The molecule has 3 aromatic carbocycles. The molecule has 1 aromatic heterocycles. The summed E-state index contributed by atoms with van der Waals surface area (Å²) in [5.74, 6) is 0.149. The van der Waals surface area contributed by atoms with Crippen LogP contribution in [0.5, 0.6) is 0 Å². The Morgan fingerprint density at radius 1 is 1.09 bits per heavy atom. The van der Waals surface area contributed by atoms with E-state index >= 15 is 0 Å². The Hall–Kier alpha value is -3.07. The van der Waals surface area contributed by atoms with Gasteiger partial charge in [-0.25, -0.2) is 0 Å².